The van der Waals surface area contributed by atoms with Crippen LogP contribution in [0, 0.1) is 0 Å². The number of methoxy groups -OCH3 is 1. The van der Waals surface area contributed by atoms with Gasteiger partial charge in [0, 0.05) is 26.7 Å². The van der Waals surface area contributed by atoms with Crippen molar-refractivity contribution in [2.24, 2.45) is 0 Å². The average Bonchev–Trinajstić information content (AvgIpc) is 2.42. The second-order valence-corrected chi connectivity index (χ2v) is 5.45. The van der Waals surface area contributed by atoms with Crippen LogP contribution in [0.3, 0.4) is 0 Å². The highest BCUT2D eigenvalue weighted by Crippen LogP contribution is 2.27. The van der Waals surface area contributed by atoms with E-state index in [2.05, 4.69) is 31.3 Å². The van der Waals surface area contributed by atoms with Crippen molar-refractivity contribution in [2.45, 2.75) is 38.5 Å². The molecular weight excluding hydrogens is 238 g/mol. The van der Waals surface area contributed by atoms with Crippen LogP contribution >= 0.6 is 0 Å². The summed E-state index contributed by atoms with van der Waals surface area (Å²) >= 11 is 0. The summed E-state index contributed by atoms with van der Waals surface area (Å²) < 4.78 is 4.94. The first kappa shape index (κ1) is 15.7. The van der Waals surface area contributed by atoms with Gasteiger partial charge in [-0.05, 0) is 23.8 Å². The molecule has 0 atom stereocenters. The van der Waals surface area contributed by atoms with E-state index in [9.17, 15) is 4.79 Å². The van der Waals surface area contributed by atoms with Gasteiger partial charge in [0.15, 0.2) is 0 Å². The van der Waals surface area contributed by atoms with Gasteiger partial charge in [0.1, 0.15) is 0 Å². The number of benzene rings is 1. The SMILES string of the molecule is COCCCNC(=O)CCC(C)(C)c1ccccc1. The maximum absolute atomic E-state index is 11.7. The van der Waals surface area contributed by atoms with E-state index in [1.807, 2.05) is 18.2 Å². The molecule has 1 aromatic rings. The maximum atomic E-state index is 11.7. The number of hydrogen-bond donors (Lipinski definition) is 1. The largest absolute Gasteiger partial charge is 0.385 e. The summed E-state index contributed by atoms with van der Waals surface area (Å²) in [5.74, 6) is 0.125. The first-order valence-electron chi connectivity index (χ1n) is 6.87. The van der Waals surface area contributed by atoms with Gasteiger partial charge in [0.25, 0.3) is 0 Å². The first-order valence-corrected chi connectivity index (χ1v) is 6.87. The van der Waals surface area contributed by atoms with Crippen LogP contribution in [0.2, 0.25) is 0 Å². The summed E-state index contributed by atoms with van der Waals surface area (Å²) in [5, 5.41) is 2.92. The molecule has 1 N–H and O–H groups in total. The van der Waals surface area contributed by atoms with Gasteiger partial charge in [-0.25, -0.2) is 0 Å². The highest BCUT2D eigenvalue weighted by molar-refractivity contribution is 5.75. The predicted octanol–water partition coefficient (Wildman–Crippen LogP) is 2.90. The Morgan fingerprint density at radius 2 is 1.95 bits per heavy atom. The predicted molar refractivity (Wildman–Crippen MR) is 78.2 cm³/mol. The number of nitrogens with one attached hydrogen (secondary N) is 1. The van der Waals surface area contributed by atoms with E-state index >= 15 is 0 Å². The average molecular weight is 263 g/mol. The van der Waals surface area contributed by atoms with Gasteiger partial charge in [0.2, 0.25) is 5.91 Å². The second kappa shape index (κ2) is 7.95. The van der Waals surface area contributed by atoms with Crippen LogP contribution in [0.5, 0.6) is 0 Å². The van der Waals surface area contributed by atoms with Crippen LogP contribution in [-0.4, -0.2) is 26.2 Å². The third kappa shape index (κ3) is 5.88. The number of rotatable bonds is 8. The van der Waals surface area contributed by atoms with E-state index in [0.717, 1.165) is 12.8 Å². The van der Waals surface area contributed by atoms with Gasteiger partial charge in [-0.2, -0.15) is 0 Å². The number of carbonyl (C=O) groups excluding carboxylic acids is 1. The van der Waals surface area contributed by atoms with Crippen LogP contribution in [0.25, 0.3) is 0 Å². The molecule has 0 aliphatic carbocycles. The standard InChI is InChI=1S/C16H25NO2/c1-16(2,14-8-5-4-6-9-14)11-10-15(18)17-12-7-13-19-3/h4-6,8-9H,7,10-13H2,1-3H3,(H,17,18). The molecule has 106 valence electrons. The highest BCUT2D eigenvalue weighted by Gasteiger charge is 2.21. The molecule has 0 spiro atoms. The Kier molecular flexibility index (Phi) is 6.57. The Bertz CT molecular complexity index is 374. The molecule has 0 aliphatic heterocycles. The molecular formula is C16H25NO2. The third-order valence-electron chi connectivity index (χ3n) is 3.38. The summed E-state index contributed by atoms with van der Waals surface area (Å²) in [6.07, 6.45) is 2.28. The maximum Gasteiger partial charge on any atom is 0.220 e. The Hall–Kier alpha value is -1.35. The minimum Gasteiger partial charge on any atom is -0.385 e. The van der Waals surface area contributed by atoms with Gasteiger partial charge >= 0.3 is 0 Å². The highest BCUT2D eigenvalue weighted by atomic mass is 16.5. The molecule has 1 aromatic carbocycles. The molecule has 0 fully saturated rings. The Morgan fingerprint density at radius 1 is 1.26 bits per heavy atom. The summed E-state index contributed by atoms with van der Waals surface area (Å²) in [5.41, 5.74) is 1.31. The molecule has 0 radical (unpaired) electrons. The molecule has 0 saturated carbocycles. The Morgan fingerprint density at radius 3 is 2.58 bits per heavy atom. The van der Waals surface area contributed by atoms with E-state index in [-0.39, 0.29) is 11.3 Å². The lowest BCUT2D eigenvalue weighted by atomic mass is 9.80. The van der Waals surface area contributed by atoms with Crippen molar-refractivity contribution >= 4 is 5.91 Å². The smallest absolute Gasteiger partial charge is 0.220 e. The monoisotopic (exact) mass is 263 g/mol. The van der Waals surface area contributed by atoms with Gasteiger partial charge in [0.05, 0.1) is 0 Å². The molecule has 0 aliphatic rings. The lowest BCUT2D eigenvalue weighted by Crippen LogP contribution is -2.27. The summed E-state index contributed by atoms with van der Waals surface area (Å²) in [4.78, 5) is 11.7. The zero-order valence-electron chi connectivity index (χ0n) is 12.2. The van der Waals surface area contributed by atoms with Crippen LogP contribution < -0.4 is 5.32 Å². The summed E-state index contributed by atoms with van der Waals surface area (Å²) in [7, 11) is 1.67. The van der Waals surface area contributed by atoms with Crippen molar-refractivity contribution in [2.75, 3.05) is 20.3 Å². The van der Waals surface area contributed by atoms with Crippen molar-refractivity contribution < 1.29 is 9.53 Å². The van der Waals surface area contributed by atoms with Crippen LogP contribution in [0.15, 0.2) is 30.3 Å². The Balaban J connectivity index is 2.33. The normalized spacial score (nSPS) is 11.3. The molecule has 1 rings (SSSR count). The van der Waals surface area contributed by atoms with Gasteiger partial charge in [-0.3, -0.25) is 4.79 Å². The van der Waals surface area contributed by atoms with Gasteiger partial charge in [-0.15, -0.1) is 0 Å². The van der Waals surface area contributed by atoms with Crippen LogP contribution in [0.1, 0.15) is 38.7 Å². The number of carbonyl (C=O) groups is 1. The second-order valence-electron chi connectivity index (χ2n) is 5.45. The molecule has 3 heteroatoms. The van der Waals surface area contributed by atoms with Crippen LogP contribution in [-0.2, 0) is 14.9 Å². The molecule has 0 saturated heterocycles. The minimum atomic E-state index is 0.0329. The third-order valence-corrected chi connectivity index (χ3v) is 3.38. The quantitative estimate of drug-likeness (QED) is 0.732. The molecule has 3 nitrogen and oxygen atoms in total. The zero-order chi connectivity index (χ0) is 14.1. The minimum absolute atomic E-state index is 0.0329. The molecule has 0 unspecified atom stereocenters. The fraction of sp³-hybridized carbons (Fsp3) is 0.562. The fourth-order valence-corrected chi connectivity index (χ4v) is 1.99. The van der Waals surface area contributed by atoms with E-state index < -0.39 is 0 Å². The van der Waals surface area contributed by atoms with Crippen LogP contribution in [0.4, 0.5) is 0 Å². The van der Waals surface area contributed by atoms with E-state index in [1.165, 1.54) is 5.56 Å². The molecule has 1 amide bonds. The lowest BCUT2D eigenvalue weighted by Gasteiger charge is -2.25. The van der Waals surface area contributed by atoms with Crippen molar-refractivity contribution in [3.8, 4) is 0 Å². The number of hydrogen-bond acceptors (Lipinski definition) is 2. The molecule has 19 heavy (non-hydrogen) atoms. The topological polar surface area (TPSA) is 38.3 Å². The van der Waals surface area contributed by atoms with E-state index in [0.29, 0.717) is 19.6 Å². The number of ether oxygens (including phenoxy) is 1. The molecule has 0 heterocycles. The first-order chi connectivity index (χ1) is 9.06. The van der Waals surface area contributed by atoms with E-state index in [1.54, 1.807) is 7.11 Å². The lowest BCUT2D eigenvalue weighted by molar-refractivity contribution is -0.121. The van der Waals surface area contributed by atoms with Crippen molar-refractivity contribution in [3.63, 3.8) is 0 Å². The van der Waals surface area contributed by atoms with Gasteiger partial charge < -0.3 is 10.1 Å². The Labute approximate surface area is 116 Å². The van der Waals surface area contributed by atoms with Crippen molar-refractivity contribution in [1.82, 2.24) is 5.32 Å². The molecule has 0 bridgehead atoms. The number of amides is 1. The fourth-order valence-electron chi connectivity index (χ4n) is 1.99. The summed E-state index contributed by atoms with van der Waals surface area (Å²) in [6.45, 7) is 5.75. The molecule has 0 aromatic heterocycles. The van der Waals surface area contributed by atoms with Gasteiger partial charge in [-0.1, -0.05) is 44.2 Å². The zero-order valence-corrected chi connectivity index (χ0v) is 12.2. The van der Waals surface area contributed by atoms with E-state index in [4.69, 9.17) is 4.74 Å². The summed E-state index contributed by atoms with van der Waals surface area (Å²) in [6, 6.07) is 10.3. The van der Waals surface area contributed by atoms with Crippen molar-refractivity contribution in [3.05, 3.63) is 35.9 Å². The van der Waals surface area contributed by atoms with Crippen molar-refractivity contribution in [1.29, 1.82) is 0 Å².